The van der Waals surface area contributed by atoms with Crippen molar-refractivity contribution in [2.45, 2.75) is 4.90 Å². The summed E-state index contributed by atoms with van der Waals surface area (Å²) in [6, 6.07) is 5.59. The van der Waals surface area contributed by atoms with Crippen molar-refractivity contribution in [3.63, 3.8) is 0 Å². The van der Waals surface area contributed by atoms with Crippen molar-refractivity contribution in [2.75, 3.05) is 10.5 Å². The van der Waals surface area contributed by atoms with Crippen LogP contribution in [0.25, 0.3) is 0 Å². The molecule has 0 aliphatic carbocycles. The lowest BCUT2D eigenvalue weighted by Gasteiger charge is -2.06. The molecule has 0 saturated heterocycles. The summed E-state index contributed by atoms with van der Waals surface area (Å²) in [5.74, 6) is -0.443. The van der Waals surface area contributed by atoms with Gasteiger partial charge in [0, 0.05) is 5.02 Å². The molecular formula is C9H7Cl2N5O2S. The van der Waals surface area contributed by atoms with E-state index in [0.717, 1.165) is 0 Å². The SMILES string of the molecule is Nc1nc(Cl)nc(NS(=O)(=O)c2ccc(Cl)cc2)n1. The van der Waals surface area contributed by atoms with E-state index in [0.29, 0.717) is 5.02 Å². The first kappa shape index (κ1) is 13.8. The van der Waals surface area contributed by atoms with Crippen LogP contribution in [0.2, 0.25) is 10.3 Å². The first-order valence-electron chi connectivity index (χ1n) is 4.82. The van der Waals surface area contributed by atoms with Gasteiger partial charge in [-0.25, -0.2) is 13.1 Å². The second kappa shape index (κ2) is 5.16. The Labute approximate surface area is 118 Å². The molecule has 2 aromatic rings. The molecule has 0 bridgehead atoms. The number of nitrogen functional groups attached to an aromatic ring is 1. The van der Waals surface area contributed by atoms with Gasteiger partial charge in [0.2, 0.25) is 17.2 Å². The van der Waals surface area contributed by atoms with Gasteiger partial charge in [0.15, 0.2) is 0 Å². The minimum Gasteiger partial charge on any atom is -0.368 e. The van der Waals surface area contributed by atoms with Gasteiger partial charge in [-0.1, -0.05) is 11.6 Å². The van der Waals surface area contributed by atoms with Gasteiger partial charge < -0.3 is 5.73 Å². The second-order valence-electron chi connectivity index (χ2n) is 3.35. The molecular weight excluding hydrogens is 313 g/mol. The highest BCUT2D eigenvalue weighted by atomic mass is 35.5. The normalized spacial score (nSPS) is 11.3. The first-order chi connectivity index (χ1) is 8.87. The maximum atomic E-state index is 12.0. The van der Waals surface area contributed by atoms with Crippen LogP contribution in [-0.2, 0) is 10.0 Å². The molecule has 0 radical (unpaired) electrons. The number of nitrogens with one attached hydrogen (secondary N) is 1. The molecule has 0 saturated carbocycles. The topological polar surface area (TPSA) is 111 Å². The van der Waals surface area contributed by atoms with E-state index in [1.54, 1.807) is 0 Å². The van der Waals surface area contributed by atoms with Crippen molar-refractivity contribution < 1.29 is 8.42 Å². The van der Waals surface area contributed by atoms with Gasteiger partial charge in [0.1, 0.15) is 0 Å². The van der Waals surface area contributed by atoms with Crippen LogP contribution < -0.4 is 10.5 Å². The smallest absolute Gasteiger partial charge is 0.264 e. The fourth-order valence-corrected chi connectivity index (χ4v) is 2.44. The predicted octanol–water partition coefficient (Wildman–Crippen LogP) is 1.56. The van der Waals surface area contributed by atoms with Crippen molar-refractivity contribution in [3.05, 3.63) is 34.6 Å². The Kier molecular flexibility index (Phi) is 3.74. The Bertz CT molecular complexity index is 685. The van der Waals surface area contributed by atoms with Gasteiger partial charge >= 0.3 is 0 Å². The highest BCUT2D eigenvalue weighted by molar-refractivity contribution is 7.92. The van der Waals surface area contributed by atoms with E-state index in [2.05, 4.69) is 19.7 Å². The molecule has 1 heterocycles. The lowest BCUT2D eigenvalue weighted by atomic mass is 10.4. The number of hydrogen-bond acceptors (Lipinski definition) is 6. The van der Waals surface area contributed by atoms with Crippen LogP contribution in [0.5, 0.6) is 0 Å². The lowest BCUT2D eigenvalue weighted by Crippen LogP contribution is -2.16. The molecule has 3 N–H and O–H groups in total. The standard InChI is InChI=1S/C9H7Cl2N5O2S/c10-5-1-3-6(4-2-5)19(17,18)16-9-14-7(11)13-8(12)15-9/h1-4H,(H3,12,13,14,15,16). The summed E-state index contributed by atoms with van der Waals surface area (Å²) in [4.78, 5) is 10.7. The number of aromatic nitrogens is 3. The number of anilines is 2. The molecule has 10 heteroatoms. The van der Waals surface area contributed by atoms with E-state index in [-0.39, 0.29) is 22.1 Å². The number of hydrogen-bond donors (Lipinski definition) is 2. The summed E-state index contributed by atoms with van der Waals surface area (Å²) < 4.78 is 26.1. The van der Waals surface area contributed by atoms with Crippen LogP contribution in [0.3, 0.4) is 0 Å². The van der Waals surface area contributed by atoms with Gasteiger partial charge in [-0.2, -0.15) is 15.0 Å². The molecule has 0 spiro atoms. The number of nitrogens with two attached hydrogens (primary N) is 1. The van der Waals surface area contributed by atoms with Crippen LogP contribution in [0.4, 0.5) is 11.9 Å². The zero-order valence-corrected chi connectivity index (χ0v) is 11.5. The molecule has 1 aromatic heterocycles. The van der Waals surface area contributed by atoms with Gasteiger partial charge in [-0.3, -0.25) is 0 Å². The predicted molar refractivity (Wildman–Crippen MR) is 71.5 cm³/mol. The summed E-state index contributed by atoms with van der Waals surface area (Å²) in [7, 11) is -3.84. The highest BCUT2D eigenvalue weighted by Gasteiger charge is 2.16. The van der Waals surface area contributed by atoms with Crippen LogP contribution in [-0.4, -0.2) is 23.4 Å². The molecule has 19 heavy (non-hydrogen) atoms. The van der Waals surface area contributed by atoms with Crippen LogP contribution in [0.15, 0.2) is 29.2 Å². The zero-order valence-electron chi connectivity index (χ0n) is 9.21. The molecule has 0 amide bonds. The molecule has 100 valence electrons. The summed E-state index contributed by atoms with van der Waals surface area (Å²) in [5.41, 5.74) is 5.34. The summed E-state index contributed by atoms with van der Waals surface area (Å²) in [5, 5.41) is 0.215. The third-order valence-electron chi connectivity index (χ3n) is 1.98. The number of benzene rings is 1. The van der Waals surface area contributed by atoms with Crippen molar-refractivity contribution in [1.82, 2.24) is 15.0 Å². The summed E-state index contributed by atoms with van der Waals surface area (Å²) in [6.45, 7) is 0. The summed E-state index contributed by atoms with van der Waals surface area (Å²) >= 11 is 11.2. The van der Waals surface area contributed by atoms with Gasteiger partial charge in [-0.15, -0.1) is 0 Å². The molecule has 0 aliphatic rings. The molecule has 0 fully saturated rings. The lowest BCUT2D eigenvalue weighted by molar-refractivity contribution is 0.601. The van der Waals surface area contributed by atoms with E-state index >= 15 is 0 Å². The minimum atomic E-state index is -3.84. The third-order valence-corrected chi connectivity index (χ3v) is 3.74. The number of rotatable bonds is 3. The average Bonchev–Trinajstić information content (AvgIpc) is 2.27. The van der Waals surface area contributed by atoms with Crippen molar-refractivity contribution in [3.8, 4) is 0 Å². The van der Waals surface area contributed by atoms with Crippen molar-refractivity contribution in [2.24, 2.45) is 0 Å². The second-order valence-corrected chi connectivity index (χ2v) is 5.80. The van der Waals surface area contributed by atoms with E-state index in [4.69, 9.17) is 28.9 Å². The van der Waals surface area contributed by atoms with E-state index in [1.165, 1.54) is 24.3 Å². The van der Waals surface area contributed by atoms with Crippen molar-refractivity contribution in [1.29, 1.82) is 0 Å². The van der Waals surface area contributed by atoms with E-state index in [1.807, 2.05) is 0 Å². The Morgan fingerprint density at radius 3 is 2.26 bits per heavy atom. The highest BCUT2D eigenvalue weighted by Crippen LogP contribution is 2.17. The largest absolute Gasteiger partial charge is 0.368 e. The number of sulfonamides is 1. The maximum absolute atomic E-state index is 12.0. The molecule has 1 aromatic carbocycles. The molecule has 0 unspecified atom stereocenters. The van der Waals surface area contributed by atoms with Gasteiger partial charge in [0.05, 0.1) is 4.90 Å². The third kappa shape index (κ3) is 3.43. The summed E-state index contributed by atoms with van der Waals surface area (Å²) in [6.07, 6.45) is 0. The van der Waals surface area contributed by atoms with Crippen molar-refractivity contribution >= 4 is 45.1 Å². The Hall–Kier alpha value is -1.64. The van der Waals surface area contributed by atoms with Crippen LogP contribution in [0.1, 0.15) is 0 Å². The zero-order chi connectivity index (χ0) is 14.0. The quantitative estimate of drug-likeness (QED) is 0.888. The Balaban J connectivity index is 2.33. The Morgan fingerprint density at radius 1 is 1.05 bits per heavy atom. The van der Waals surface area contributed by atoms with Crippen LogP contribution >= 0.6 is 23.2 Å². The average molecular weight is 320 g/mol. The number of halogens is 2. The van der Waals surface area contributed by atoms with E-state index < -0.39 is 10.0 Å². The van der Waals surface area contributed by atoms with Crippen LogP contribution in [0, 0.1) is 0 Å². The molecule has 0 aliphatic heterocycles. The fourth-order valence-electron chi connectivity index (χ4n) is 1.20. The first-order valence-corrected chi connectivity index (χ1v) is 7.06. The van der Waals surface area contributed by atoms with E-state index in [9.17, 15) is 8.42 Å². The maximum Gasteiger partial charge on any atom is 0.264 e. The Morgan fingerprint density at radius 2 is 1.68 bits per heavy atom. The minimum absolute atomic E-state index is 0.00649. The van der Waals surface area contributed by atoms with Gasteiger partial charge in [-0.05, 0) is 35.9 Å². The monoisotopic (exact) mass is 319 g/mol. The molecule has 7 nitrogen and oxygen atoms in total. The molecule has 0 atom stereocenters. The van der Waals surface area contributed by atoms with Gasteiger partial charge in [0.25, 0.3) is 10.0 Å². The fraction of sp³-hybridized carbons (Fsp3) is 0. The number of nitrogens with zero attached hydrogens (tertiary/aromatic N) is 3. The molecule has 2 rings (SSSR count).